The third-order valence-electron chi connectivity index (χ3n) is 5.25. The van der Waals surface area contributed by atoms with Crippen LogP contribution < -0.4 is 15.1 Å². The number of rotatable bonds is 6. The lowest BCUT2D eigenvalue weighted by Gasteiger charge is -2.37. The molecule has 0 unspecified atom stereocenters. The second-order valence-corrected chi connectivity index (χ2v) is 7.09. The Balaban J connectivity index is 1.55. The van der Waals surface area contributed by atoms with E-state index >= 15 is 0 Å². The summed E-state index contributed by atoms with van der Waals surface area (Å²) in [6, 6.07) is 14.5. The van der Waals surface area contributed by atoms with E-state index in [1.54, 1.807) is 19.2 Å². The predicted octanol–water partition coefficient (Wildman–Crippen LogP) is 2.47. The summed E-state index contributed by atoms with van der Waals surface area (Å²) in [6.45, 7) is 3.57. The summed E-state index contributed by atoms with van der Waals surface area (Å²) in [5, 5.41) is 13.1. The van der Waals surface area contributed by atoms with E-state index in [1.807, 2.05) is 35.2 Å². The minimum absolute atomic E-state index is 0.208. The zero-order chi connectivity index (χ0) is 20.9. The van der Waals surface area contributed by atoms with Gasteiger partial charge in [0, 0.05) is 50.6 Å². The Morgan fingerprint density at radius 3 is 2.40 bits per heavy atom. The molecule has 1 aliphatic heterocycles. The van der Waals surface area contributed by atoms with Crippen LogP contribution in [0.15, 0.2) is 48.5 Å². The van der Waals surface area contributed by atoms with E-state index < -0.39 is 0 Å². The van der Waals surface area contributed by atoms with Crippen LogP contribution in [0.3, 0.4) is 0 Å². The molecule has 3 aromatic rings. The Morgan fingerprint density at radius 1 is 1.00 bits per heavy atom. The Labute approximate surface area is 174 Å². The van der Waals surface area contributed by atoms with Crippen molar-refractivity contribution < 1.29 is 13.9 Å². The third kappa shape index (κ3) is 4.04. The molecule has 1 aromatic heterocycles. The fraction of sp³-hybridized carbons (Fsp3) is 0.318. The van der Waals surface area contributed by atoms with Crippen molar-refractivity contribution in [1.29, 1.82) is 0 Å². The van der Waals surface area contributed by atoms with Gasteiger partial charge in [0.1, 0.15) is 5.82 Å². The maximum Gasteiger partial charge on any atom is 0.272 e. The second-order valence-electron chi connectivity index (χ2n) is 7.09. The van der Waals surface area contributed by atoms with E-state index in [2.05, 4.69) is 20.4 Å². The lowest BCUT2D eigenvalue weighted by molar-refractivity contribution is 0.0933. The predicted molar refractivity (Wildman–Crippen MR) is 115 cm³/mol. The molecule has 8 heteroatoms. The van der Waals surface area contributed by atoms with Gasteiger partial charge in [0.05, 0.1) is 12.3 Å². The summed E-state index contributed by atoms with van der Waals surface area (Å²) in [4.78, 5) is 16.7. The molecule has 1 aliphatic rings. The van der Waals surface area contributed by atoms with Crippen molar-refractivity contribution in [2.24, 2.45) is 0 Å². The minimum Gasteiger partial charge on any atom is -0.383 e. The molecule has 30 heavy (non-hydrogen) atoms. The number of nitrogens with one attached hydrogen (secondary N) is 1. The highest BCUT2D eigenvalue weighted by molar-refractivity contribution is 6.07. The van der Waals surface area contributed by atoms with E-state index in [0.717, 1.165) is 16.6 Å². The molecule has 0 aliphatic carbocycles. The molecule has 2 aromatic carbocycles. The zero-order valence-corrected chi connectivity index (χ0v) is 16.8. The van der Waals surface area contributed by atoms with Crippen LogP contribution in [0, 0.1) is 5.82 Å². The number of carbonyl (C=O) groups excluding carboxylic acids is 1. The Kier molecular flexibility index (Phi) is 6.04. The highest BCUT2D eigenvalue weighted by Gasteiger charge is 2.23. The standard InChI is InChI=1S/C22H24FN5O2/c1-30-15-10-24-22(29)20-16-6-2-3-7-17(16)21(26-25-20)28-13-11-27(12-14-28)19-9-5-4-8-18(19)23/h2-9H,10-15H2,1H3,(H,24,29). The summed E-state index contributed by atoms with van der Waals surface area (Å²) in [6.07, 6.45) is 0. The summed E-state index contributed by atoms with van der Waals surface area (Å²) in [5.74, 6) is 0.263. The fourth-order valence-corrected chi connectivity index (χ4v) is 3.71. The van der Waals surface area contributed by atoms with Gasteiger partial charge in [-0.1, -0.05) is 36.4 Å². The molecule has 156 valence electrons. The molecule has 4 rings (SSSR count). The third-order valence-corrected chi connectivity index (χ3v) is 5.25. The maximum atomic E-state index is 14.1. The van der Waals surface area contributed by atoms with Gasteiger partial charge in [-0.2, -0.15) is 0 Å². The Bertz CT molecular complexity index is 1040. The number of methoxy groups -OCH3 is 1. The first-order valence-electron chi connectivity index (χ1n) is 9.96. The number of amides is 1. The molecule has 1 N–H and O–H groups in total. The number of carbonyl (C=O) groups is 1. The summed E-state index contributed by atoms with van der Waals surface area (Å²) in [7, 11) is 1.59. The zero-order valence-electron chi connectivity index (χ0n) is 16.8. The number of para-hydroxylation sites is 1. The number of anilines is 2. The van der Waals surface area contributed by atoms with Gasteiger partial charge in [0.25, 0.3) is 5.91 Å². The molecule has 0 saturated carbocycles. The van der Waals surface area contributed by atoms with Crippen LogP contribution in [-0.4, -0.2) is 62.5 Å². The molecule has 0 bridgehead atoms. The van der Waals surface area contributed by atoms with Crippen LogP contribution in [-0.2, 0) is 4.74 Å². The molecular weight excluding hydrogens is 385 g/mol. The van der Waals surface area contributed by atoms with Gasteiger partial charge < -0.3 is 19.9 Å². The van der Waals surface area contributed by atoms with E-state index in [9.17, 15) is 9.18 Å². The van der Waals surface area contributed by atoms with E-state index in [4.69, 9.17) is 4.74 Å². The molecule has 0 atom stereocenters. The first-order valence-corrected chi connectivity index (χ1v) is 9.96. The second kappa shape index (κ2) is 9.04. The van der Waals surface area contributed by atoms with E-state index in [0.29, 0.717) is 50.7 Å². The van der Waals surface area contributed by atoms with Gasteiger partial charge in [-0.25, -0.2) is 4.39 Å². The number of nitrogens with zero attached hydrogens (tertiary/aromatic N) is 4. The number of aromatic nitrogens is 2. The molecule has 1 fully saturated rings. The Hall–Kier alpha value is -3.26. The number of piperazine rings is 1. The minimum atomic E-state index is -0.272. The van der Waals surface area contributed by atoms with Crippen LogP contribution in [0.2, 0.25) is 0 Å². The van der Waals surface area contributed by atoms with E-state index in [-0.39, 0.29) is 11.7 Å². The van der Waals surface area contributed by atoms with Crippen LogP contribution in [0.25, 0.3) is 10.8 Å². The molecule has 0 spiro atoms. The van der Waals surface area contributed by atoms with Crippen molar-refractivity contribution >= 4 is 28.2 Å². The normalized spacial score (nSPS) is 14.2. The summed E-state index contributed by atoms with van der Waals surface area (Å²) < 4.78 is 19.1. The first kappa shape index (κ1) is 20.0. The van der Waals surface area contributed by atoms with Crippen LogP contribution >= 0.6 is 0 Å². The molecule has 2 heterocycles. The topological polar surface area (TPSA) is 70.6 Å². The van der Waals surface area contributed by atoms with Crippen LogP contribution in [0.4, 0.5) is 15.9 Å². The van der Waals surface area contributed by atoms with Crippen molar-refractivity contribution in [3.05, 3.63) is 60.0 Å². The van der Waals surface area contributed by atoms with Gasteiger partial charge >= 0.3 is 0 Å². The van der Waals surface area contributed by atoms with Gasteiger partial charge in [-0.05, 0) is 12.1 Å². The van der Waals surface area contributed by atoms with Gasteiger partial charge in [0.15, 0.2) is 11.5 Å². The fourth-order valence-electron chi connectivity index (χ4n) is 3.71. The van der Waals surface area contributed by atoms with Crippen molar-refractivity contribution in [1.82, 2.24) is 15.5 Å². The first-order chi connectivity index (χ1) is 14.7. The van der Waals surface area contributed by atoms with Crippen molar-refractivity contribution in [2.45, 2.75) is 0 Å². The molecule has 7 nitrogen and oxygen atoms in total. The number of fused-ring (bicyclic) bond motifs is 1. The highest BCUT2D eigenvalue weighted by Crippen LogP contribution is 2.28. The van der Waals surface area contributed by atoms with Crippen LogP contribution in [0.5, 0.6) is 0 Å². The van der Waals surface area contributed by atoms with Gasteiger partial charge in [-0.15, -0.1) is 10.2 Å². The Morgan fingerprint density at radius 2 is 1.67 bits per heavy atom. The average molecular weight is 409 g/mol. The monoisotopic (exact) mass is 409 g/mol. The summed E-state index contributed by atoms with van der Waals surface area (Å²) >= 11 is 0. The molecule has 1 saturated heterocycles. The number of hydrogen-bond donors (Lipinski definition) is 1. The average Bonchev–Trinajstić information content (AvgIpc) is 2.79. The molecular formula is C22H24FN5O2. The highest BCUT2D eigenvalue weighted by atomic mass is 19.1. The van der Waals surface area contributed by atoms with Gasteiger partial charge in [0.2, 0.25) is 0 Å². The van der Waals surface area contributed by atoms with Gasteiger partial charge in [-0.3, -0.25) is 4.79 Å². The molecule has 0 radical (unpaired) electrons. The van der Waals surface area contributed by atoms with Crippen molar-refractivity contribution in [3.8, 4) is 0 Å². The maximum absolute atomic E-state index is 14.1. The quantitative estimate of drug-likeness (QED) is 0.631. The smallest absolute Gasteiger partial charge is 0.272 e. The number of hydrogen-bond acceptors (Lipinski definition) is 6. The SMILES string of the molecule is COCCNC(=O)c1nnc(N2CCN(c3ccccc3F)CC2)c2ccccc12. The number of ether oxygens (including phenoxy) is 1. The largest absolute Gasteiger partial charge is 0.383 e. The number of halogens is 1. The molecule has 1 amide bonds. The summed E-state index contributed by atoms with van der Waals surface area (Å²) in [5.41, 5.74) is 0.923. The van der Waals surface area contributed by atoms with Crippen LogP contribution in [0.1, 0.15) is 10.5 Å². The van der Waals surface area contributed by atoms with Crippen molar-refractivity contribution in [3.63, 3.8) is 0 Å². The van der Waals surface area contributed by atoms with Crippen molar-refractivity contribution in [2.75, 3.05) is 56.2 Å². The lowest BCUT2D eigenvalue weighted by Crippen LogP contribution is -2.47. The lowest BCUT2D eigenvalue weighted by atomic mass is 10.1. The van der Waals surface area contributed by atoms with E-state index in [1.165, 1.54) is 6.07 Å². The number of benzene rings is 2.